The zero-order chi connectivity index (χ0) is 23.5. The quantitative estimate of drug-likeness (QED) is 0.530. The fraction of sp³-hybridized carbons (Fsp3) is 0.273. The molecule has 1 heterocycles. The molecule has 170 valence electrons. The molecule has 0 unspecified atom stereocenters. The molecule has 0 saturated carbocycles. The molecular weight excluding hydrogens is 452 g/mol. The molecule has 0 aliphatic rings. The van der Waals surface area contributed by atoms with Crippen molar-refractivity contribution >= 4 is 38.9 Å². The van der Waals surface area contributed by atoms with E-state index in [4.69, 9.17) is 16.0 Å². The van der Waals surface area contributed by atoms with Gasteiger partial charge in [0.25, 0.3) is 0 Å². The minimum Gasteiger partial charge on any atom is -0.441 e. The lowest BCUT2D eigenvalue weighted by Gasteiger charge is -2.20. The van der Waals surface area contributed by atoms with Crippen LogP contribution in [0.25, 0.3) is 11.3 Å². The molecule has 0 atom stereocenters. The van der Waals surface area contributed by atoms with Crippen molar-refractivity contribution in [2.45, 2.75) is 17.7 Å². The van der Waals surface area contributed by atoms with Crippen LogP contribution in [0, 0.1) is 0 Å². The minimum atomic E-state index is -3.63. The summed E-state index contributed by atoms with van der Waals surface area (Å²) in [4.78, 5) is 18.7. The largest absolute Gasteiger partial charge is 0.441 e. The molecule has 0 spiro atoms. The first-order valence-corrected chi connectivity index (χ1v) is 11.6. The lowest BCUT2D eigenvalue weighted by Crippen LogP contribution is -2.23. The Bertz CT molecular complexity index is 1200. The molecule has 0 saturated heterocycles. The lowest BCUT2D eigenvalue weighted by atomic mass is 10.2. The second-order valence-corrected chi connectivity index (χ2v) is 10.1. The molecule has 10 heteroatoms. The van der Waals surface area contributed by atoms with E-state index < -0.39 is 10.0 Å². The number of sulfonamides is 1. The topological polar surface area (TPSA) is 95.8 Å². The Morgan fingerprint density at radius 2 is 1.78 bits per heavy atom. The molecule has 2 aromatic carbocycles. The van der Waals surface area contributed by atoms with E-state index in [2.05, 4.69) is 10.3 Å². The molecule has 0 aliphatic carbocycles. The van der Waals surface area contributed by atoms with Gasteiger partial charge in [0.15, 0.2) is 11.7 Å². The van der Waals surface area contributed by atoms with E-state index in [1.807, 2.05) is 26.2 Å². The van der Waals surface area contributed by atoms with Crippen LogP contribution in [0.2, 0.25) is 5.02 Å². The molecule has 32 heavy (non-hydrogen) atoms. The van der Waals surface area contributed by atoms with Gasteiger partial charge in [-0.05, 0) is 42.5 Å². The molecule has 8 nitrogen and oxygen atoms in total. The van der Waals surface area contributed by atoms with Crippen molar-refractivity contribution < 1.29 is 17.6 Å². The van der Waals surface area contributed by atoms with Crippen LogP contribution in [-0.4, -0.2) is 51.8 Å². The number of amides is 1. The Balaban J connectivity index is 1.71. The van der Waals surface area contributed by atoms with Crippen molar-refractivity contribution in [2.75, 3.05) is 38.4 Å². The number of hydrogen-bond donors (Lipinski definition) is 1. The molecule has 0 aliphatic heterocycles. The summed E-state index contributed by atoms with van der Waals surface area (Å²) in [5.41, 5.74) is 1.95. The first kappa shape index (κ1) is 23.8. The summed E-state index contributed by atoms with van der Waals surface area (Å²) in [5.74, 6) is 0.745. The Morgan fingerprint density at radius 1 is 1.09 bits per heavy atom. The molecule has 0 bridgehead atoms. The highest BCUT2D eigenvalue weighted by molar-refractivity contribution is 7.89. The minimum absolute atomic E-state index is 0.101. The van der Waals surface area contributed by atoms with Crippen molar-refractivity contribution in [1.29, 1.82) is 0 Å². The van der Waals surface area contributed by atoms with Gasteiger partial charge in [-0.1, -0.05) is 11.6 Å². The number of aryl methyl sites for hydroxylation is 1. The van der Waals surface area contributed by atoms with E-state index in [-0.39, 0.29) is 17.2 Å². The van der Waals surface area contributed by atoms with E-state index >= 15 is 0 Å². The predicted octanol–water partition coefficient (Wildman–Crippen LogP) is 3.88. The number of carbonyl (C=O) groups is 1. The Morgan fingerprint density at radius 3 is 2.41 bits per heavy atom. The highest BCUT2D eigenvalue weighted by atomic mass is 35.5. The molecular formula is C22H25ClN4O4S. The van der Waals surface area contributed by atoms with Gasteiger partial charge in [0.05, 0.1) is 22.5 Å². The normalized spacial score (nSPS) is 11.6. The van der Waals surface area contributed by atoms with Crippen LogP contribution in [0.4, 0.5) is 11.4 Å². The predicted molar refractivity (Wildman–Crippen MR) is 126 cm³/mol. The van der Waals surface area contributed by atoms with Gasteiger partial charge < -0.3 is 14.6 Å². The number of hydrogen-bond acceptors (Lipinski definition) is 6. The second kappa shape index (κ2) is 9.72. The van der Waals surface area contributed by atoms with Crippen LogP contribution >= 0.6 is 11.6 Å². The first-order chi connectivity index (χ1) is 15.1. The van der Waals surface area contributed by atoms with E-state index in [0.29, 0.717) is 34.5 Å². The summed E-state index contributed by atoms with van der Waals surface area (Å²) in [6, 6.07) is 11.8. The SMILES string of the molecule is CN(C)c1ccc(S(=O)(=O)N(C)C)cc1NC(=O)CCc1ncc(-c2ccc(Cl)cc2)o1. The summed E-state index contributed by atoms with van der Waals surface area (Å²) in [6.45, 7) is 0. The smallest absolute Gasteiger partial charge is 0.242 e. The van der Waals surface area contributed by atoms with Crippen LogP contribution in [0.15, 0.2) is 58.0 Å². The zero-order valence-corrected chi connectivity index (χ0v) is 19.9. The van der Waals surface area contributed by atoms with E-state index in [1.165, 1.54) is 26.2 Å². The maximum Gasteiger partial charge on any atom is 0.242 e. The number of benzene rings is 2. The average molecular weight is 477 g/mol. The zero-order valence-electron chi connectivity index (χ0n) is 18.3. The van der Waals surface area contributed by atoms with E-state index in [0.717, 1.165) is 9.87 Å². The molecule has 0 radical (unpaired) electrons. The number of rotatable bonds is 8. The van der Waals surface area contributed by atoms with Crippen LogP contribution in [0.5, 0.6) is 0 Å². The van der Waals surface area contributed by atoms with E-state index in [1.54, 1.807) is 29.3 Å². The van der Waals surface area contributed by atoms with Crippen molar-refractivity contribution in [3.8, 4) is 11.3 Å². The van der Waals surface area contributed by atoms with Crippen LogP contribution < -0.4 is 10.2 Å². The number of anilines is 2. The van der Waals surface area contributed by atoms with Gasteiger partial charge in [0, 0.05) is 51.6 Å². The molecule has 1 aromatic heterocycles. The van der Waals surface area contributed by atoms with Crippen LogP contribution in [0.3, 0.4) is 0 Å². The van der Waals surface area contributed by atoms with Crippen molar-refractivity contribution in [3.63, 3.8) is 0 Å². The Kier molecular flexibility index (Phi) is 7.22. The summed E-state index contributed by atoms with van der Waals surface area (Å²) < 4.78 is 31.8. The molecule has 3 rings (SSSR count). The van der Waals surface area contributed by atoms with Gasteiger partial charge >= 0.3 is 0 Å². The lowest BCUT2D eigenvalue weighted by molar-refractivity contribution is -0.116. The van der Waals surface area contributed by atoms with Crippen molar-refractivity contribution in [3.05, 3.63) is 59.6 Å². The maximum absolute atomic E-state index is 12.6. The number of oxazole rings is 1. The third-order valence-electron chi connectivity index (χ3n) is 4.75. The maximum atomic E-state index is 12.6. The molecule has 3 aromatic rings. The number of aromatic nitrogens is 1. The highest BCUT2D eigenvalue weighted by Gasteiger charge is 2.20. The molecule has 1 amide bonds. The average Bonchev–Trinajstić information content (AvgIpc) is 3.21. The van der Waals surface area contributed by atoms with E-state index in [9.17, 15) is 13.2 Å². The Hall–Kier alpha value is -2.88. The standard InChI is InChI=1S/C22H25ClN4O4S/c1-26(2)19-10-9-17(32(29,30)27(3)4)13-18(19)25-21(28)11-12-22-24-14-20(31-22)15-5-7-16(23)8-6-15/h5-10,13-14H,11-12H2,1-4H3,(H,25,28). The fourth-order valence-electron chi connectivity index (χ4n) is 2.98. The number of nitrogens with one attached hydrogen (secondary N) is 1. The van der Waals surface area contributed by atoms with Gasteiger partial charge in [-0.25, -0.2) is 17.7 Å². The first-order valence-electron chi connectivity index (χ1n) is 9.82. The van der Waals surface area contributed by atoms with Crippen LogP contribution in [0.1, 0.15) is 12.3 Å². The van der Waals surface area contributed by atoms with Gasteiger partial charge in [0.1, 0.15) is 0 Å². The van der Waals surface area contributed by atoms with Gasteiger partial charge in [-0.3, -0.25) is 4.79 Å². The summed E-state index contributed by atoms with van der Waals surface area (Å²) >= 11 is 5.91. The van der Waals surface area contributed by atoms with Gasteiger partial charge in [-0.2, -0.15) is 0 Å². The second-order valence-electron chi connectivity index (χ2n) is 7.53. The monoisotopic (exact) mass is 476 g/mol. The third kappa shape index (κ3) is 5.48. The highest BCUT2D eigenvalue weighted by Crippen LogP contribution is 2.29. The van der Waals surface area contributed by atoms with Crippen molar-refractivity contribution in [1.82, 2.24) is 9.29 Å². The number of carbonyl (C=O) groups excluding carboxylic acids is 1. The summed E-state index contributed by atoms with van der Waals surface area (Å²) in [6.07, 6.45) is 2.03. The van der Waals surface area contributed by atoms with Gasteiger partial charge in [0.2, 0.25) is 15.9 Å². The summed E-state index contributed by atoms with van der Waals surface area (Å²) in [5, 5.41) is 3.44. The molecule has 1 N–H and O–H groups in total. The number of halogens is 1. The number of nitrogens with zero attached hydrogens (tertiary/aromatic N) is 3. The van der Waals surface area contributed by atoms with Crippen molar-refractivity contribution in [2.24, 2.45) is 0 Å². The fourth-order valence-corrected chi connectivity index (χ4v) is 4.04. The summed E-state index contributed by atoms with van der Waals surface area (Å²) in [7, 11) is 2.92. The van der Waals surface area contributed by atoms with Gasteiger partial charge in [-0.15, -0.1) is 0 Å². The van der Waals surface area contributed by atoms with Crippen LogP contribution in [-0.2, 0) is 21.2 Å². The third-order valence-corrected chi connectivity index (χ3v) is 6.81. The Labute approximate surface area is 192 Å². The molecule has 0 fully saturated rings.